The maximum Gasteiger partial charge on any atom is 0.435 e. The van der Waals surface area contributed by atoms with Gasteiger partial charge < -0.3 is 10.1 Å². The molecule has 35 heavy (non-hydrogen) atoms. The summed E-state index contributed by atoms with van der Waals surface area (Å²) < 4.78 is 69.7. The van der Waals surface area contributed by atoms with Crippen LogP contribution in [0.1, 0.15) is 51.6 Å². The van der Waals surface area contributed by atoms with Crippen molar-refractivity contribution >= 4 is 21.4 Å². The molecule has 2 aromatic heterocycles. The Morgan fingerprint density at radius 1 is 1.06 bits per heavy atom. The Hall–Kier alpha value is -3.61. The Morgan fingerprint density at radius 2 is 1.74 bits per heavy atom. The van der Waals surface area contributed by atoms with Gasteiger partial charge in [0.15, 0.2) is 15.5 Å². The van der Waals surface area contributed by atoms with Crippen LogP contribution in [0.25, 0.3) is 0 Å². The number of amides is 1. The third-order valence-electron chi connectivity index (χ3n) is 5.35. The molecule has 0 atom stereocenters. The first-order chi connectivity index (χ1) is 16.3. The lowest BCUT2D eigenvalue weighted by molar-refractivity contribution is -0.142. The minimum absolute atomic E-state index is 0.0315. The van der Waals surface area contributed by atoms with Crippen LogP contribution in [-0.4, -0.2) is 41.0 Å². The summed E-state index contributed by atoms with van der Waals surface area (Å²) in [6.07, 6.45) is -1.88. The lowest BCUT2D eigenvalue weighted by atomic mass is 10.1. The van der Waals surface area contributed by atoms with E-state index in [9.17, 15) is 26.4 Å². The lowest BCUT2D eigenvalue weighted by Crippen LogP contribution is -2.21. The van der Waals surface area contributed by atoms with Crippen molar-refractivity contribution in [1.29, 1.82) is 0 Å². The van der Waals surface area contributed by atoms with Gasteiger partial charge in [0.2, 0.25) is 5.88 Å². The van der Waals surface area contributed by atoms with Crippen molar-refractivity contribution in [2.24, 2.45) is 0 Å². The summed E-state index contributed by atoms with van der Waals surface area (Å²) in [5, 5.41) is 17.2. The Labute approximate surface area is 198 Å². The van der Waals surface area contributed by atoms with E-state index in [1.807, 2.05) is 0 Å². The smallest absolute Gasteiger partial charge is 0.416 e. The molecule has 0 spiro atoms. The predicted molar refractivity (Wildman–Crippen MR) is 118 cm³/mol. The highest BCUT2D eigenvalue weighted by Crippen LogP contribution is 2.40. The number of anilines is 1. The van der Waals surface area contributed by atoms with E-state index < -0.39 is 44.6 Å². The number of hydrogen-bond donors (Lipinski definition) is 1. The topological polar surface area (TPSA) is 124 Å². The molecule has 1 fully saturated rings. The second kappa shape index (κ2) is 8.87. The molecule has 0 bridgehead atoms. The van der Waals surface area contributed by atoms with Crippen molar-refractivity contribution in [3.8, 4) is 11.8 Å². The first kappa shape index (κ1) is 24.5. The summed E-state index contributed by atoms with van der Waals surface area (Å²) >= 11 is 0. The first-order valence-electron chi connectivity index (χ1n) is 10.4. The van der Waals surface area contributed by atoms with Crippen LogP contribution >= 0.6 is 0 Å². The maximum atomic E-state index is 13.5. The summed E-state index contributed by atoms with van der Waals surface area (Å²) in [6.45, 7) is 2.76. The van der Waals surface area contributed by atoms with Gasteiger partial charge in [0.05, 0.1) is 10.6 Å². The number of benzene rings is 1. The number of ether oxygens (including phenoxy) is 1. The number of carbonyl (C=O) groups excluding carboxylic acids is 1. The predicted octanol–water partition coefficient (Wildman–Crippen LogP) is 4.23. The fraction of sp³-hybridized carbons (Fsp3) is 0.318. The number of nitrogens with one attached hydrogen (secondary N) is 1. The van der Waals surface area contributed by atoms with E-state index in [-0.39, 0.29) is 16.5 Å². The molecule has 184 valence electrons. The van der Waals surface area contributed by atoms with Gasteiger partial charge in [-0.3, -0.25) is 4.79 Å². The van der Waals surface area contributed by atoms with Crippen LogP contribution in [-0.2, 0) is 16.0 Å². The number of aromatic nitrogens is 4. The Kier molecular flexibility index (Phi) is 6.21. The fourth-order valence-electron chi connectivity index (χ4n) is 3.37. The summed E-state index contributed by atoms with van der Waals surface area (Å²) in [7, 11) is -3.58. The molecular weight excluding hydrogens is 487 g/mol. The minimum atomic E-state index is -4.87. The molecule has 4 rings (SSSR count). The normalized spacial score (nSPS) is 14.0. The number of rotatable bonds is 6. The number of nitrogens with zero attached hydrogens (tertiary/aromatic N) is 4. The molecule has 1 saturated carbocycles. The van der Waals surface area contributed by atoms with Crippen molar-refractivity contribution in [3.05, 3.63) is 58.4 Å². The average Bonchev–Trinajstić information content (AvgIpc) is 3.59. The van der Waals surface area contributed by atoms with Crippen LogP contribution in [0.15, 0.2) is 35.2 Å². The minimum Gasteiger partial charge on any atom is -0.416 e. The maximum absolute atomic E-state index is 13.5. The number of halogens is 3. The molecule has 1 aromatic carbocycles. The number of carbonyl (C=O) groups is 1. The molecule has 0 radical (unpaired) electrons. The fourth-order valence-corrected chi connectivity index (χ4v) is 4.04. The van der Waals surface area contributed by atoms with Gasteiger partial charge in [-0.1, -0.05) is 6.07 Å². The van der Waals surface area contributed by atoms with Crippen molar-refractivity contribution in [1.82, 2.24) is 20.4 Å². The largest absolute Gasteiger partial charge is 0.435 e. The van der Waals surface area contributed by atoms with Gasteiger partial charge in [0.25, 0.3) is 11.8 Å². The van der Waals surface area contributed by atoms with E-state index in [0.29, 0.717) is 11.5 Å². The van der Waals surface area contributed by atoms with Gasteiger partial charge in [-0.25, -0.2) is 8.42 Å². The highest BCUT2D eigenvalue weighted by Gasteiger charge is 2.38. The van der Waals surface area contributed by atoms with E-state index in [0.717, 1.165) is 31.7 Å². The SMILES string of the molecule is Cc1cc(C2CC2)nnc1Oc1nnc(C(F)(F)F)c(C)c1C(=O)Nc1cccc(S(C)(=O)=O)c1. The molecule has 1 N–H and O–H groups in total. The summed E-state index contributed by atoms with van der Waals surface area (Å²) in [5.41, 5.74) is -0.990. The van der Waals surface area contributed by atoms with E-state index in [1.165, 1.54) is 24.3 Å². The van der Waals surface area contributed by atoms with Crippen LogP contribution in [0.4, 0.5) is 18.9 Å². The number of hydrogen-bond acceptors (Lipinski definition) is 8. The zero-order chi connectivity index (χ0) is 25.5. The van der Waals surface area contributed by atoms with Crippen molar-refractivity contribution < 1.29 is 31.1 Å². The molecule has 0 saturated heterocycles. The van der Waals surface area contributed by atoms with E-state index >= 15 is 0 Å². The van der Waals surface area contributed by atoms with Crippen LogP contribution in [0.2, 0.25) is 0 Å². The number of alkyl halides is 3. The van der Waals surface area contributed by atoms with Crippen molar-refractivity contribution in [2.75, 3.05) is 11.6 Å². The van der Waals surface area contributed by atoms with E-state index in [1.54, 1.807) is 13.0 Å². The monoisotopic (exact) mass is 507 g/mol. The molecule has 0 aliphatic heterocycles. The molecule has 1 amide bonds. The zero-order valence-electron chi connectivity index (χ0n) is 18.8. The quantitative estimate of drug-likeness (QED) is 0.526. The molecule has 1 aliphatic rings. The molecule has 0 unspecified atom stereocenters. The molecule has 3 aromatic rings. The third kappa shape index (κ3) is 5.39. The number of aryl methyl sites for hydroxylation is 1. The van der Waals surface area contributed by atoms with Gasteiger partial charge in [-0.2, -0.15) is 18.3 Å². The van der Waals surface area contributed by atoms with Gasteiger partial charge in [-0.15, -0.1) is 15.3 Å². The van der Waals surface area contributed by atoms with Crippen LogP contribution in [0.3, 0.4) is 0 Å². The zero-order valence-corrected chi connectivity index (χ0v) is 19.7. The highest BCUT2D eigenvalue weighted by molar-refractivity contribution is 7.90. The van der Waals surface area contributed by atoms with Gasteiger partial charge in [-0.05, 0) is 56.5 Å². The molecule has 13 heteroatoms. The molecule has 2 heterocycles. The van der Waals surface area contributed by atoms with Crippen LogP contribution in [0.5, 0.6) is 11.8 Å². The van der Waals surface area contributed by atoms with Crippen LogP contribution in [0, 0.1) is 13.8 Å². The average molecular weight is 507 g/mol. The second-order valence-corrected chi connectivity index (χ2v) is 10.3. The van der Waals surface area contributed by atoms with Gasteiger partial charge >= 0.3 is 6.18 Å². The van der Waals surface area contributed by atoms with E-state index in [2.05, 4.69) is 25.7 Å². The number of sulfone groups is 1. The Balaban J connectivity index is 1.73. The first-order valence-corrected chi connectivity index (χ1v) is 12.3. The van der Waals surface area contributed by atoms with Gasteiger partial charge in [0, 0.05) is 23.4 Å². The molecule has 1 aliphatic carbocycles. The van der Waals surface area contributed by atoms with E-state index in [4.69, 9.17) is 4.74 Å². The van der Waals surface area contributed by atoms with Crippen LogP contribution < -0.4 is 10.1 Å². The van der Waals surface area contributed by atoms with Crippen molar-refractivity contribution in [2.45, 2.75) is 43.7 Å². The molecular formula is C22H20F3N5O4S. The Morgan fingerprint density at radius 3 is 2.34 bits per heavy atom. The third-order valence-corrected chi connectivity index (χ3v) is 6.46. The summed E-state index contributed by atoms with van der Waals surface area (Å²) in [4.78, 5) is 13.0. The lowest BCUT2D eigenvalue weighted by Gasteiger charge is -2.16. The van der Waals surface area contributed by atoms with Crippen molar-refractivity contribution in [3.63, 3.8) is 0 Å². The van der Waals surface area contributed by atoms with Gasteiger partial charge in [0.1, 0.15) is 5.56 Å². The Bertz CT molecular complexity index is 1420. The molecule has 9 nitrogen and oxygen atoms in total. The highest BCUT2D eigenvalue weighted by atomic mass is 32.2. The second-order valence-electron chi connectivity index (χ2n) is 8.24. The summed E-state index contributed by atoms with van der Waals surface area (Å²) in [5.74, 6) is -1.20. The standard InChI is InChI=1S/C22H20F3N5O4S/c1-11-9-16(13-7-8-13)27-29-20(11)34-21-17(12(2)18(28-30-21)22(23,24)25)19(31)26-14-5-4-6-15(10-14)35(3,32)33/h4-6,9-10,13H,7-8H2,1-3H3,(H,26,31). The summed E-state index contributed by atoms with van der Waals surface area (Å²) in [6, 6.07) is 7.07.